The summed E-state index contributed by atoms with van der Waals surface area (Å²) in [6.07, 6.45) is 10.4. The van der Waals surface area contributed by atoms with Gasteiger partial charge in [-0.15, -0.1) is 0 Å². The molecule has 0 spiro atoms. The zero-order valence-corrected chi connectivity index (χ0v) is 13.7. The number of hydrogen-bond acceptors (Lipinski definition) is 3. The van der Waals surface area contributed by atoms with Crippen molar-refractivity contribution in [1.82, 2.24) is 5.32 Å². The van der Waals surface area contributed by atoms with Crippen LogP contribution >= 0.6 is 0 Å². The third-order valence-corrected chi connectivity index (χ3v) is 7.57. The fourth-order valence-electron chi connectivity index (χ4n) is 4.82. The number of sulfone groups is 1. The lowest BCUT2D eigenvalue weighted by Crippen LogP contribution is -2.42. The monoisotopic (exact) mass is 313 g/mol. The molecule has 3 aliphatic carbocycles. The minimum atomic E-state index is -2.98. The topological polar surface area (TPSA) is 63.2 Å². The molecular weight excluding hydrogens is 286 g/mol. The number of carbonyl (C=O) groups excluding carboxylic acids is 1. The first-order valence-electron chi connectivity index (χ1n) is 8.40. The van der Waals surface area contributed by atoms with E-state index in [0.717, 1.165) is 31.1 Å². The first kappa shape index (κ1) is 15.3. The SMILES string of the molecule is CS(=O)(=O)[C@@H]1CCC[C@@H](NC(=O)C[C@H]2C[C@H]3CC[C@H]2C3)C1. The van der Waals surface area contributed by atoms with E-state index in [0.29, 0.717) is 18.8 Å². The van der Waals surface area contributed by atoms with Gasteiger partial charge in [-0.05, 0) is 56.3 Å². The van der Waals surface area contributed by atoms with Gasteiger partial charge in [-0.1, -0.05) is 12.8 Å². The van der Waals surface area contributed by atoms with Gasteiger partial charge in [0.15, 0.2) is 0 Å². The smallest absolute Gasteiger partial charge is 0.220 e. The minimum absolute atomic E-state index is 0.0598. The largest absolute Gasteiger partial charge is 0.353 e. The summed E-state index contributed by atoms with van der Waals surface area (Å²) in [7, 11) is -2.98. The quantitative estimate of drug-likeness (QED) is 0.866. The summed E-state index contributed by atoms with van der Waals surface area (Å²) in [5.41, 5.74) is 0. The molecule has 0 radical (unpaired) electrons. The number of hydrogen-bond donors (Lipinski definition) is 1. The molecule has 2 bridgehead atoms. The van der Waals surface area contributed by atoms with E-state index in [2.05, 4.69) is 5.32 Å². The third-order valence-electron chi connectivity index (χ3n) is 5.93. The van der Waals surface area contributed by atoms with E-state index in [-0.39, 0.29) is 17.2 Å². The third kappa shape index (κ3) is 3.61. The van der Waals surface area contributed by atoms with Gasteiger partial charge >= 0.3 is 0 Å². The highest BCUT2D eigenvalue weighted by Crippen LogP contribution is 2.49. The second-order valence-electron chi connectivity index (χ2n) is 7.52. The Hall–Kier alpha value is -0.580. The van der Waals surface area contributed by atoms with Crippen molar-refractivity contribution in [1.29, 1.82) is 0 Å². The highest BCUT2D eigenvalue weighted by molar-refractivity contribution is 7.91. The van der Waals surface area contributed by atoms with Crippen LogP contribution in [0.2, 0.25) is 0 Å². The first-order valence-corrected chi connectivity index (χ1v) is 10.4. The van der Waals surface area contributed by atoms with Gasteiger partial charge in [0.05, 0.1) is 5.25 Å². The van der Waals surface area contributed by atoms with Gasteiger partial charge in [-0.25, -0.2) is 8.42 Å². The van der Waals surface area contributed by atoms with Crippen LogP contribution in [0.4, 0.5) is 0 Å². The van der Waals surface area contributed by atoms with E-state index >= 15 is 0 Å². The molecule has 1 N–H and O–H groups in total. The summed E-state index contributed by atoms with van der Waals surface area (Å²) in [5.74, 6) is 2.37. The highest BCUT2D eigenvalue weighted by Gasteiger charge is 2.40. The normalized spacial score (nSPS) is 39.4. The summed E-state index contributed by atoms with van der Waals surface area (Å²) in [6, 6.07) is 0.0598. The number of carbonyl (C=O) groups is 1. The van der Waals surface area contributed by atoms with Crippen molar-refractivity contribution in [2.75, 3.05) is 6.26 Å². The summed E-state index contributed by atoms with van der Waals surface area (Å²) >= 11 is 0. The van der Waals surface area contributed by atoms with Crippen LogP contribution in [-0.2, 0) is 14.6 Å². The molecule has 0 unspecified atom stereocenters. The molecule has 0 saturated heterocycles. The van der Waals surface area contributed by atoms with Crippen molar-refractivity contribution in [2.45, 2.75) is 69.1 Å². The fourth-order valence-corrected chi connectivity index (χ4v) is 5.99. The highest BCUT2D eigenvalue weighted by atomic mass is 32.2. The van der Waals surface area contributed by atoms with Crippen LogP contribution in [0.1, 0.15) is 57.8 Å². The first-order chi connectivity index (χ1) is 9.91. The molecular formula is C16H27NO3S. The average Bonchev–Trinajstić information content (AvgIpc) is 3.00. The van der Waals surface area contributed by atoms with Gasteiger partial charge in [0, 0.05) is 18.7 Å². The van der Waals surface area contributed by atoms with Crippen molar-refractivity contribution < 1.29 is 13.2 Å². The standard InChI is InChI=1S/C16H27NO3S/c1-21(19,20)15-4-2-3-14(10-15)17-16(18)9-13-8-11-5-6-12(13)7-11/h11-15H,2-10H2,1H3,(H,17,18)/t11-,12-,13+,14+,15+/m0/s1. The zero-order chi connectivity index (χ0) is 15.0. The van der Waals surface area contributed by atoms with Crippen LogP contribution in [0, 0.1) is 17.8 Å². The van der Waals surface area contributed by atoms with E-state index in [1.807, 2.05) is 0 Å². The van der Waals surface area contributed by atoms with Gasteiger partial charge in [0.25, 0.3) is 0 Å². The molecule has 5 heteroatoms. The van der Waals surface area contributed by atoms with Gasteiger partial charge in [-0.3, -0.25) is 4.79 Å². The van der Waals surface area contributed by atoms with Gasteiger partial charge in [-0.2, -0.15) is 0 Å². The fraction of sp³-hybridized carbons (Fsp3) is 0.938. The van der Waals surface area contributed by atoms with Crippen molar-refractivity contribution in [3.63, 3.8) is 0 Å². The van der Waals surface area contributed by atoms with E-state index in [4.69, 9.17) is 0 Å². The van der Waals surface area contributed by atoms with Crippen LogP contribution in [0.15, 0.2) is 0 Å². The molecule has 0 aliphatic heterocycles. The predicted molar refractivity (Wildman–Crippen MR) is 82.6 cm³/mol. The molecule has 1 amide bonds. The van der Waals surface area contributed by atoms with E-state index in [1.54, 1.807) is 0 Å². The Bertz CT molecular complexity index is 502. The zero-order valence-electron chi connectivity index (χ0n) is 12.9. The minimum Gasteiger partial charge on any atom is -0.353 e. The van der Waals surface area contributed by atoms with Gasteiger partial charge < -0.3 is 5.32 Å². The molecule has 0 heterocycles. The van der Waals surface area contributed by atoms with E-state index in [1.165, 1.54) is 31.9 Å². The Morgan fingerprint density at radius 2 is 1.90 bits per heavy atom. The van der Waals surface area contributed by atoms with Crippen molar-refractivity contribution in [2.24, 2.45) is 17.8 Å². The molecule has 3 aliphatic rings. The number of fused-ring (bicyclic) bond motifs is 2. The maximum absolute atomic E-state index is 12.2. The van der Waals surface area contributed by atoms with Crippen LogP contribution in [0.3, 0.4) is 0 Å². The number of nitrogens with one attached hydrogen (secondary N) is 1. The second kappa shape index (κ2) is 5.90. The molecule has 0 aromatic carbocycles. The summed E-state index contributed by atoms with van der Waals surface area (Å²) in [4.78, 5) is 12.2. The van der Waals surface area contributed by atoms with Gasteiger partial charge in [0.2, 0.25) is 5.91 Å². The summed E-state index contributed by atoms with van der Waals surface area (Å²) in [6.45, 7) is 0. The Morgan fingerprint density at radius 3 is 2.52 bits per heavy atom. The molecule has 0 aromatic heterocycles. The lowest BCUT2D eigenvalue weighted by atomic mass is 9.86. The number of rotatable bonds is 4. The average molecular weight is 313 g/mol. The van der Waals surface area contributed by atoms with E-state index < -0.39 is 9.84 Å². The van der Waals surface area contributed by atoms with Gasteiger partial charge in [0.1, 0.15) is 9.84 Å². The number of amides is 1. The van der Waals surface area contributed by atoms with Crippen LogP contribution in [-0.4, -0.2) is 31.9 Å². The van der Waals surface area contributed by atoms with Crippen molar-refractivity contribution in [3.05, 3.63) is 0 Å². The molecule has 21 heavy (non-hydrogen) atoms. The molecule has 120 valence electrons. The molecule has 4 nitrogen and oxygen atoms in total. The predicted octanol–water partition coefficient (Wildman–Crippen LogP) is 2.28. The lowest BCUT2D eigenvalue weighted by Gasteiger charge is -2.29. The lowest BCUT2D eigenvalue weighted by molar-refractivity contribution is -0.123. The second-order valence-corrected chi connectivity index (χ2v) is 9.85. The molecule has 3 fully saturated rings. The van der Waals surface area contributed by atoms with Crippen LogP contribution in [0.25, 0.3) is 0 Å². The van der Waals surface area contributed by atoms with E-state index in [9.17, 15) is 13.2 Å². The molecule has 3 rings (SSSR count). The summed E-state index contributed by atoms with van der Waals surface area (Å²) < 4.78 is 23.3. The maximum Gasteiger partial charge on any atom is 0.220 e. The van der Waals surface area contributed by atoms with Crippen LogP contribution in [0.5, 0.6) is 0 Å². The maximum atomic E-state index is 12.2. The molecule has 0 aromatic rings. The van der Waals surface area contributed by atoms with Crippen molar-refractivity contribution in [3.8, 4) is 0 Å². The molecule has 5 atom stereocenters. The Morgan fingerprint density at radius 1 is 1.10 bits per heavy atom. The Kier molecular flexibility index (Phi) is 4.30. The van der Waals surface area contributed by atoms with Crippen LogP contribution < -0.4 is 5.32 Å². The van der Waals surface area contributed by atoms with Crippen molar-refractivity contribution >= 4 is 15.7 Å². The summed E-state index contributed by atoms with van der Waals surface area (Å²) in [5, 5.41) is 2.84. The Labute approximate surface area is 128 Å². The Balaban J connectivity index is 1.48. The molecule has 3 saturated carbocycles.